The molecule has 130 valence electrons. The molecule has 1 aromatic carbocycles. The Morgan fingerprint density at radius 2 is 2.12 bits per heavy atom. The second kappa shape index (κ2) is 7.08. The van der Waals surface area contributed by atoms with E-state index in [1.165, 1.54) is 22.7 Å². The number of carbonyl (C=O) groups excluding carboxylic acids is 1. The molecule has 0 aliphatic carbocycles. The number of rotatable bonds is 5. The summed E-state index contributed by atoms with van der Waals surface area (Å²) in [5.74, 6) is 0.462. The SMILES string of the molecule is CNC(=O)c1ccc(OC)c(Nc2nc(-c3sc(N)nc3C)cs2)c1. The number of thiazole rings is 2. The van der Waals surface area contributed by atoms with Gasteiger partial charge in [-0.15, -0.1) is 11.3 Å². The molecule has 0 atom stereocenters. The zero-order chi connectivity index (χ0) is 18.0. The number of aryl methyl sites for hydroxylation is 1. The Kier molecular flexibility index (Phi) is 4.86. The van der Waals surface area contributed by atoms with Crippen LogP contribution in [0.15, 0.2) is 23.6 Å². The molecule has 0 aliphatic heterocycles. The van der Waals surface area contributed by atoms with E-state index < -0.39 is 0 Å². The van der Waals surface area contributed by atoms with Crippen LogP contribution in [0.3, 0.4) is 0 Å². The van der Waals surface area contributed by atoms with Crippen LogP contribution in [0.25, 0.3) is 10.6 Å². The number of anilines is 3. The van der Waals surface area contributed by atoms with E-state index in [2.05, 4.69) is 20.6 Å². The zero-order valence-electron chi connectivity index (χ0n) is 13.9. The first-order chi connectivity index (χ1) is 12.0. The molecule has 0 saturated heterocycles. The number of ether oxygens (including phenoxy) is 1. The van der Waals surface area contributed by atoms with Gasteiger partial charge in [0.1, 0.15) is 5.75 Å². The fourth-order valence-corrected chi connectivity index (χ4v) is 3.88. The number of hydrogen-bond acceptors (Lipinski definition) is 8. The van der Waals surface area contributed by atoms with E-state index in [1.807, 2.05) is 12.3 Å². The predicted octanol–water partition coefficient (Wildman–Crippen LogP) is 3.27. The van der Waals surface area contributed by atoms with Gasteiger partial charge in [0.25, 0.3) is 5.91 Å². The topological polar surface area (TPSA) is 102 Å². The summed E-state index contributed by atoms with van der Waals surface area (Å²) >= 11 is 2.87. The molecular formula is C16H17N5O2S2. The molecule has 2 heterocycles. The summed E-state index contributed by atoms with van der Waals surface area (Å²) in [6.07, 6.45) is 0. The van der Waals surface area contributed by atoms with Crippen LogP contribution in [0.2, 0.25) is 0 Å². The molecule has 0 fully saturated rings. The Balaban J connectivity index is 1.90. The smallest absolute Gasteiger partial charge is 0.251 e. The highest BCUT2D eigenvalue weighted by molar-refractivity contribution is 7.19. The molecule has 1 amide bonds. The third-order valence-corrected chi connectivity index (χ3v) is 5.25. The Morgan fingerprint density at radius 1 is 1.32 bits per heavy atom. The van der Waals surface area contributed by atoms with E-state index in [0.29, 0.717) is 27.3 Å². The van der Waals surface area contributed by atoms with Gasteiger partial charge in [-0.2, -0.15) is 0 Å². The molecule has 0 bridgehead atoms. The van der Waals surface area contributed by atoms with E-state index >= 15 is 0 Å². The van der Waals surface area contributed by atoms with E-state index in [9.17, 15) is 4.79 Å². The van der Waals surface area contributed by atoms with Gasteiger partial charge in [-0.05, 0) is 25.1 Å². The van der Waals surface area contributed by atoms with Gasteiger partial charge in [0.15, 0.2) is 10.3 Å². The summed E-state index contributed by atoms with van der Waals surface area (Å²) in [4.78, 5) is 21.6. The second-order valence-corrected chi connectivity index (χ2v) is 7.01. The third kappa shape index (κ3) is 3.57. The summed E-state index contributed by atoms with van der Waals surface area (Å²) in [5, 5.41) is 8.97. The minimum Gasteiger partial charge on any atom is -0.495 e. The molecule has 2 aromatic heterocycles. The lowest BCUT2D eigenvalue weighted by atomic mass is 10.1. The van der Waals surface area contributed by atoms with Crippen molar-refractivity contribution in [3.63, 3.8) is 0 Å². The van der Waals surface area contributed by atoms with Gasteiger partial charge >= 0.3 is 0 Å². The van der Waals surface area contributed by atoms with Crippen molar-refractivity contribution in [2.75, 3.05) is 25.2 Å². The fourth-order valence-electron chi connectivity index (χ4n) is 2.30. The monoisotopic (exact) mass is 375 g/mol. The number of amides is 1. The highest BCUT2D eigenvalue weighted by atomic mass is 32.1. The predicted molar refractivity (Wildman–Crippen MR) is 102 cm³/mol. The average molecular weight is 375 g/mol. The van der Waals surface area contributed by atoms with Gasteiger partial charge in [0.05, 0.1) is 29.1 Å². The molecule has 7 nitrogen and oxygen atoms in total. The van der Waals surface area contributed by atoms with Crippen LogP contribution in [0, 0.1) is 6.92 Å². The van der Waals surface area contributed by atoms with E-state index in [1.54, 1.807) is 32.4 Å². The Morgan fingerprint density at radius 3 is 2.76 bits per heavy atom. The molecule has 0 radical (unpaired) electrons. The second-order valence-electron chi connectivity index (χ2n) is 5.12. The molecule has 4 N–H and O–H groups in total. The first kappa shape index (κ1) is 17.2. The number of nitrogen functional groups attached to an aromatic ring is 1. The number of nitrogens with zero attached hydrogens (tertiary/aromatic N) is 2. The Hall–Kier alpha value is -2.65. The first-order valence-corrected chi connectivity index (χ1v) is 9.07. The molecule has 0 saturated carbocycles. The van der Waals surface area contributed by atoms with Crippen molar-refractivity contribution in [3.05, 3.63) is 34.8 Å². The molecule has 9 heteroatoms. The Labute approximate surface area is 152 Å². The maximum Gasteiger partial charge on any atom is 0.251 e. The normalized spacial score (nSPS) is 10.5. The van der Waals surface area contributed by atoms with Crippen LogP contribution >= 0.6 is 22.7 Å². The summed E-state index contributed by atoms with van der Waals surface area (Å²) < 4.78 is 5.36. The summed E-state index contributed by atoms with van der Waals surface area (Å²) in [5.41, 5.74) is 8.64. The zero-order valence-corrected chi connectivity index (χ0v) is 15.5. The molecule has 0 unspecified atom stereocenters. The standard InChI is InChI=1S/C16H17N5O2S2/c1-8-13(25-15(17)19-8)11-7-24-16(21-11)20-10-6-9(14(22)18-2)4-5-12(10)23-3/h4-7H,1-3H3,(H2,17,19)(H,18,22)(H,20,21). The summed E-state index contributed by atoms with van der Waals surface area (Å²) in [7, 11) is 3.17. The quantitative estimate of drug-likeness (QED) is 0.632. The highest BCUT2D eigenvalue weighted by Gasteiger charge is 2.14. The van der Waals surface area contributed by atoms with Gasteiger partial charge in [-0.1, -0.05) is 11.3 Å². The number of benzene rings is 1. The highest BCUT2D eigenvalue weighted by Crippen LogP contribution is 2.35. The van der Waals surface area contributed by atoms with Crippen molar-refractivity contribution in [2.24, 2.45) is 0 Å². The molecule has 25 heavy (non-hydrogen) atoms. The van der Waals surface area contributed by atoms with Crippen LogP contribution in [0.1, 0.15) is 16.1 Å². The van der Waals surface area contributed by atoms with Gasteiger partial charge < -0.3 is 21.1 Å². The first-order valence-electron chi connectivity index (χ1n) is 7.37. The molecule has 0 spiro atoms. The summed E-state index contributed by atoms with van der Waals surface area (Å²) in [6, 6.07) is 5.18. The van der Waals surface area contributed by atoms with Crippen molar-refractivity contribution in [1.82, 2.24) is 15.3 Å². The minimum absolute atomic E-state index is 0.165. The Bertz CT molecular complexity index is 919. The van der Waals surface area contributed by atoms with Crippen molar-refractivity contribution in [3.8, 4) is 16.3 Å². The largest absolute Gasteiger partial charge is 0.495 e. The van der Waals surface area contributed by atoms with E-state index in [4.69, 9.17) is 10.5 Å². The number of carbonyl (C=O) groups is 1. The van der Waals surface area contributed by atoms with Gasteiger partial charge in [-0.25, -0.2) is 9.97 Å². The van der Waals surface area contributed by atoms with Crippen molar-refractivity contribution >= 4 is 44.5 Å². The van der Waals surface area contributed by atoms with Gasteiger partial charge in [0.2, 0.25) is 0 Å². The van der Waals surface area contributed by atoms with Gasteiger partial charge in [-0.3, -0.25) is 4.79 Å². The lowest BCUT2D eigenvalue weighted by molar-refractivity contribution is 0.0963. The van der Waals surface area contributed by atoms with Crippen LogP contribution in [-0.2, 0) is 0 Å². The van der Waals surface area contributed by atoms with Gasteiger partial charge in [0, 0.05) is 18.0 Å². The van der Waals surface area contributed by atoms with E-state index in [-0.39, 0.29) is 5.91 Å². The maximum absolute atomic E-state index is 11.8. The van der Waals surface area contributed by atoms with E-state index in [0.717, 1.165) is 16.3 Å². The fraction of sp³-hybridized carbons (Fsp3) is 0.188. The molecule has 3 aromatic rings. The molecular weight excluding hydrogens is 358 g/mol. The maximum atomic E-state index is 11.8. The van der Waals surface area contributed by atoms with Crippen LogP contribution in [-0.4, -0.2) is 30.0 Å². The number of nitrogens with two attached hydrogens (primary N) is 1. The number of nitrogens with one attached hydrogen (secondary N) is 2. The number of hydrogen-bond donors (Lipinski definition) is 3. The molecule has 3 rings (SSSR count). The van der Waals surface area contributed by atoms with Crippen molar-refractivity contribution in [2.45, 2.75) is 6.92 Å². The summed E-state index contributed by atoms with van der Waals surface area (Å²) in [6.45, 7) is 1.91. The third-order valence-electron chi connectivity index (χ3n) is 3.48. The average Bonchev–Trinajstić information content (AvgIpc) is 3.19. The lowest BCUT2D eigenvalue weighted by Crippen LogP contribution is -2.17. The van der Waals surface area contributed by atoms with Crippen LogP contribution < -0.4 is 21.1 Å². The minimum atomic E-state index is -0.165. The van der Waals surface area contributed by atoms with Crippen molar-refractivity contribution in [1.29, 1.82) is 0 Å². The molecule has 0 aliphatic rings. The number of aromatic nitrogens is 2. The van der Waals surface area contributed by atoms with Crippen LogP contribution in [0.4, 0.5) is 16.0 Å². The lowest BCUT2D eigenvalue weighted by Gasteiger charge is -2.10. The number of methoxy groups -OCH3 is 1. The van der Waals surface area contributed by atoms with Crippen LogP contribution in [0.5, 0.6) is 5.75 Å². The van der Waals surface area contributed by atoms with Crippen molar-refractivity contribution < 1.29 is 9.53 Å².